The quantitative estimate of drug-likeness (QED) is 0.712. The molecule has 0 radical (unpaired) electrons. The highest BCUT2D eigenvalue weighted by molar-refractivity contribution is 6.31. The number of aryl methyl sites for hydroxylation is 2. The third-order valence-corrected chi connectivity index (χ3v) is 5.20. The van der Waals surface area contributed by atoms with Gasteiger partial charge in [0.1, 0.15) is 10.8 Å². The Morgan fingerprint density at radius 1 is 1.32 bits per heavy atom. The Morgan fingerprint density at radius 2 is 1.93 bits per heavy atom. The van der Waals surface area contributed by atoms with Gasteiger partial charge in [-0.2, -0.15) is 5.10 Å². The summed E-state index contributed by atoms with van der Waals surface area (Å²) in [4.78, 5) is 28.0. The average Bonchev–Trinajstić information content (AvgIpc) is 2.84. The van der Waals surface area contributed by atoms with Crippen LogP contribution in [0.1, 0.15) is 44.9 Å². The van der Waals surface area contributed by atoms with Crippen LogP contribution in [0.5, 0.6) is 0 Å². The SMILES string of the molecule is Cc1nn(C)c(Cl)c1/C=C/C(=O)N1CCC(CN(C)C(=O)OC(C)(C)C)CC1. The summed E-state index contributed by atoms with van der Waals surface area (Å²) in [5.74, 6) is 0.332. The summed E-state index contributed by atoms with van der Waals surface area (Å²) in [7, 11) is 3.53. The molecule has 1 aromatic heterocycles. The number of hydrogen-bond donors (Lipinski definition) is 0. The number of halogens is 1. The Bertz CT molecular complexity index is 743. The summed E-state index contributed by atoms with van der Waals surface area (Å²) in [6, 6.07) is 0. The van der Waals surface area contributed by atoms with Crippen LogP contribution in [0.3, 0.4) is 0 Å². The van der Waals surface area contributed by atoms with Crippen molar-refractivity contribution in [3.63, 3.8) is 0 Å². The van der Waals surface area contributed by atoms with Crippen LogP contribution < -0.4 is 0 Å². The minimum atomic E-state index is -0.497. The molecule has 7 nitrogen and oxygen atoms in total. The van der Waals surface area contributed by atoms with Crippen LogP contribution in [0.15, 0.2) is 6.08 Å². The summed E-state index contributed by atoms with van der Waals surface area (Å²) in [6.45, 7) is 9.43. The second-order valence-electron chi connectivity index (χ2n) is 8.38. The molecule has 2 heterocycles. The van der Waals surface area contributed by atoms with Crippen LogP contribution in [-0.2, 0) is 16.6 Å². The van der Waals surface area contributed by atoms with E-state index in [0.29, 0.717) is 30.7 Å². The maximum atomic E-state index is 12.5. The van der Waals surface area contributed by atoms with Gasteiger partial charge >= 0.3 is 6.09 Å². The maximum absolute atomic E-state index is 12.5. The Balaban J connectivity index is 1.83. The molecule has 0 N–H and O–H groups in total. The fraction of sp³-hybridized carbons (Fsp3) is 0.650. The van der Waals surface area contributed by atoms with E-state index in [2.05, 4.69) is 5.10 Å². The molecule has 0 unspecified atom stereocenters. The normalized spacial score (nSPS) is 15.9. The van der Waals surface area contributed by atoms with Crippen molar-refractivity contribution >= 4 is 29.7 Å². The molecule has 28 heavy (non-hydrogen) atoms. The van der Waals surface area contributed by atoms with Crippen molar-refractivity contribution in [2.75, 3.05) is 26.7 Å². The van der Waals surface area contributed by atoms with Crippen LogP contribution in [0.2, 0.25) is 5.15 Å². The van der Waals surface area contributed by atoms with Crippen LogP contribution in [0.25, 0.3) is 6.08 Å². The highest BCUT2D eigenvalue weighted by Gasteiger charge is 2.26. The van der Waals surface area contributed by atoms with Gasteiger partial charge < -0.3 is 14.5 Å². The van der Waals surface area contributed by atoms with E-state index in [9.17, 15) is 9.59 Å². The van der Waals surface area contributed by atoms with Gasteiger partial charge in [-0.25, -0.2) is 4.79 Å². The van der Waals surface area contributed by atoms with Crippen molar-refractivity contribution in [3.05, 3.63) is 22.5 Å². The van der Waals surface area contributed by atoms with E-state index in [1.54, 1.807) is 35.8 Å². The van der Waals surface area contributed by atoms with Crippen LogP contribution in [0, 0.1) is 12.8 Å². The minimum Gasteiger partial charge on any atom is -0.444 e. The standard InChI is InChI=1S/C20H31ClN4O3/c1-14-16(18(21)24(6)22-14)7-8-17(26)25-11-9-15(10-12-25)13-23(5)19(27)28-20(2,3)4/h7-8,15H,9-13H2,1-6H3/b8-7+. The summed E-state index contributed by atoms with van der Waals surface area (Å²) in [5, 5.41) is 4.76. The molecule has 1 aromatic rings. The second-order valence-corrected chi connectivity index (χ2v) is 8.73. The van der Waals surface area contributed by atoms with Gasteiger partial charge in [-0.3, -0.25) is 9.48 Å². The molecule has 0 aromatic carbocycles. The molecule has 1 aliphatic heterocycles. The highest BCUT2D eigenvalue weighted by Crippen LogP contribution is 2.22. The number of rotatable bonds is 4. The van der Waals surface area contributed by atoms with Gasteiger partial charge in [-0.05, 0) is 52.5 Å². The van der Waals surface area contributed by atoms with Gasteiger partial charge in [0, 0.05) is 45.4 Å². The van der Waals surface area contributed by atoms with Gasteiger partial charge in [-0.1, -0.05) is 11.6 Å². The second kappa shape index (κ2) is 8.99. The predicted octanol–water partition coefficient (Wildman–Crippen LogP) is 3.50. The third-order valence-electron chi connectivity index (χ3n) is 4.75. The topological polar surface area (TPSA) is 67.7 Å². The maximum Gasteiger partial charge on any atom is 0.410 e. The molecule has 1 saturated heterocycles. The van der Waals surface area contributed by atoms with E-state index >= 15 is 0 Å². The van der Waals surface area contributed by atoms with Crippen molar-refractivity contribution < 1.29 is 14.3 Å². The van der Waals surface area contributed by atoms with Crippen molar-refractivity contribution in [1.82, 2.24) is 19.6 Å². The Morgan fingerprint density at radius 3 is 2.43 bits per heavy atom. The van der Waals surface area contributed by atoms with Crippen LogP contribution in [0.4, 0.5) is 4.79 Å². The highest BCUT2D eigenvalue weighted by atomic mass is 35.5. The number of carbonyl (C=O) groups excluding carboxylic acids is 2. The van der Waals surface area contributed by atoms with Gasteiger partial charge in [-0.15, -0.1) is 0 Å². The molecule has 0 bridgehead atoms. The summed E-state index contributed by atoms with van der Waals surface area (Å²) >= 11 is 6.20. The summed E-state index contributed by atoms with van der Waals surface area (Å²) in [6.07, 6.45) is 4.70. The van der Waals surface area contributed by atoms with Crippen molar-refractivity contribution in [1.29, 1.82) is 0 Å². The van der Waals surface area contributed by atoms with Crippen molar-refractivity contribution in [3.8, 4) is 0 Å². The first-order valence-electron chi connectivity index (χ1n) is 9.58. The molecule has 0 atom stereocenters. The lowest BCUT2D eigenvalue weighted by Gasteiger charge is -2.34. The van der Waals surface area contributed by atoms with Crippen molar-refractivity contribution in [2.45, 2.75) is 46.1 Å². The third kappa shape index (κ3) is 5.99. The van der Waals surface area contributed by atoms with E-state index in [0.717, 1.165) is 24.1 Å². The van der Waals surface area contributed by atoms with Crippen molar-refractivity contribution in [2.24, 2.45) is 13.0 Å². The number of ether oxygens (including phenoxy) is 1. The number of nitrogens with zero attached hydrogens (tertiary/aromatic N) is 4. The molecule has 0 saturated carbocycles. The minimum absolute atomic E-state index is 0.0294. The number of aromatic nitrogens is 2. The van der Waals surface area contributed by atoms with E-state index < -0.39 is 5.60 Å². The molecule has 156 valence electrons. The number of piperidine rings is 1. The van der Waals surface area contributed by atoms with E-state index in [4.69, 9.17) is 16.3 Å². The molecule has 1 fully saturated rings. The molecular weight excluding hydrogens is 380 g/mol. The predicted molar refractivity (Wildman–Crippen MR) is 110 cm³/mol. The molecule has 1 aliphatic rings. The first-order valence-corrected chi connectivity index (χ1v) is 9.96. The fourth-order valence-electron chi connectivity index (χ4n) is 3.23. The Kier molecular flexibility index (Phi) is 7.15. The van der Waals surface area contributed by atoms with Gasteiger partial charge in [0.05, 0.1) is 5.69 Å². The molecule has 8 heteroatoms. The van der Waals surface area contributed by atoms with E-state index in [1.165, 1.54) is 0 Å². The van der Waals surface area contributed by atoms with E-state index in [1.807, 2.05) is 32.6 Å². The lowest BCUT2D eigenvalue weighted by atomic mass is 9.96. The lowest BCUT2D eigenvalue weighted by molar-refractivity contribution is -0.127. The number of hydrogen-bond acceptors (Lipinski definition) is 4. The van der Waals surface area contributed by atoms with Crippen LogP contribution in [-0.4, -0.2) is 63.9 Å². The molecular formula is C20H31ClN4O3. The Hall–Kier alpha value is -2.02. The fourth-order valence-corrected chi connectivity index (χ4v) is 3.47. The first kappa shape index (κ1) is 22.3. The number of carbonyl (C=O) groups is 2. The summed E-state index contributed by atoms with van der Waals surface area (Å²) < 4.78 is 6.98. The van der Waals surface area contributed by atoms with Gasteiger partial charge in [0.25, 0.3) is 0 Å². The van der Waals surface area contributed by atoms with E-state index in [-0.39, 0.29) is 12.0 Å². The molecule has 0 aliphatic carbocycles. The number of likely N-dealkylation sites (tertiary alicyclic amines) is 1. The van der Waals surface area contributed by atoms with Crippen LogP contribution >= 0.6 is 11.6 Å². The smallest absolute Gasteiger partial charge is 0.410 e. The van der Waals surface area contributed by atoms with Gasteiger partial charge in [0.15, 0.2) is 0 Å². The molecule has 0 spiro atoms. The Labute approximate surface area is 172 Å². The zero-order valence-electron chi connectivity index (χ0n) is 17.7. The molecule has 2 rings (SSSR count). The molecule has 2 amide bonds. The average molecular weight is 411 g/mol. The summed E-state index contributed by atoms with van der Waals surface area (Å²) in [5.41, 5.74) is 1.06. The zero-order valence-corrected chi connectivity index (χ0v) is 18.4. The largest absolute Gasteiger partial charge is 0.444 e. The van der Waals surface area contributed by atoms with Gasteiger partial charge in [0.2, 0.25) is 5.91 Å². The monoisotopic (exact) mass is 410 g/mol. The number of amides is 2. The zero-order chi connectivity index (χ0) is 21.1. The first-order chi connectivity index (χ1) is 13.0. The lowest BCUT2D eigenvalue weighted by Crippen LogP contribution is -2.42.